The van der Waals surface area contributed by atoms with Gasteiger partial charge >= 0.3 is 0 Å². The fourth-order valence-corrected chi connectivity index (χ4v) is 6.87. The number of hydrogen-bond acceptors (Lipinski definition) is 8. The van der Waals surface area contributed by atoms with E-state index in [9.17, 15) is 14.4 Å². The number of fused-ring (bicyclic) bond motifs is 1. The lowest BCUT2D eigenvalue weighted by Gasteiger charge is -2.32. The Morgan fingerprint density at radius 2 is 1.95 bits per heavy atom. The fraction of sp³-hybridized carbons (Fsp3) is 0.562. The zero-order valence-electron chi connectivity index (χ0n) is 24.8. The van der Waals surface area contributed by atoms with Gasteiger partial charge in [0.2, 0.25) is 5.91 Å². The molecule has 2 aromatic rings. The molecule has 2 amide bonds. The Hall–Kier alpha value is -3.33. The van der Waals surface area contributed by atoms with E-state index >= 15 is 4.39 Å². The second-order valence-electron chi connectivity index (χ2n) is 12.5. The lowest BCUT2D eigenvalue weighted by atomic mass is 10.0. The monoisotopic (exact) mass is 607 g/mol. The Morgan fingerprint density at radius 1 is 1.19 bits per heavy atom. The normalized spacial score (nSPS) is 24.6. The van der Waals surface area contributed by atoms with Crippen LogP contribution < -0.4 is 10.2 Å². The number of halogens is 1. The van der Waals surface area contributed by atoms with Crippen LogP contribution in [0.4, 0.5) is 9.52 Å². The van der Waals surface area contributed by atoms with E-state index in [1.54, 1.807) is 17.0 Å². The molecule has 0 spiro atoms. The van der Waals surface area contributed by atoms with E-state index in [-0.39, 0.29) is 42.2 Å². The van der Waals surface area contributed by atoms with Crippen molar-refractivity contribution in [1.82, 2.24) is 20.1 Å². The summed E-state index contributed by atoms with van der Waals surface area (Å²) in [4.78, 5) is 50.6. The van der Waals surface area contributed by atoms with Crippen molar-refractivity contribution in [1.29, 1.82) is 0 Å². The summed E-state index contributed by atoms with van der Waals surface area (Å²) in [7, 11) is 2.09. The third kappa shape index (κ3) is 6.47. The van der Waals surface area contributed by atoms with E-state index in [1.165, 1.54) is 17.4 Å². The van der Waals surface area contributed by atoms with Crippen molar-refractivity contribution in [3.05, 3.63) is 35.0 Å². The minimum atomic E-state index is -0.871. The molecule has 1 aromatic heterocycles. The van der Waals surface area contributed by atoms with Crippen LogP contribution >= 0.6 is 11.3 Å². The van der Waals surface area contributed by atoms with E-state index in [0.717, 1.165) is 44.2 Å². The topological polar surface area (TPSA) is 95.1 Å². The van der Waals surface area contributed by atoms with Gasteiger partial charge in [0.25, 0.3) is 5.91 Å². The van der Waals surface area contributed by atoms with Crippen molar-refractivity contribution in [2.75, 3.05) is 51.3 Å². The van der Waals surface area contributed by atoms with Crippen LogP contribution in [0.15, 0.2) is 23.6 Å². The fourth-order valence-electron chi connectivity index (χ4n) is 5.99. The van der Waals surface area contributed by atoms with Gasteiger partial charge in [0.1, 0.15) is 30.6 Å². The number of carbonyl (C=O) groups is 3. The van der Waals surface area contributed by atoms with Crippen LogP contribution in [0, 0.1) is 35.4 Å². The number of piperazine rings is 1. The molecule has 228 valence electrons. The van der Waals surface area contributed by atoms with Gasteiger partial charge in [-0.05, 0) is 50.4 Å². The molecule has 0 radical (unpaired) electrons. The number of amides is 2. The maximum Gasteiger partial charge on any atom is 0.252 e. The molecule has 0 bridgehead atoms. The van der Waals surface area contributed by atoms with Gasteiger partial charge < -0.3 is 24.8 Å². The molecule has 1 aromatic carbocycles. The standard InChI is InChI=1S/C32H38FN5O4S/c1-19(2)14-25(31(41)38-16-22(7-6-20-4-5-20)29-28(38)27(39)17-42-29)34-30(40)21-8-9-23(24(33)15-21)26-18-43-32(35-26)37-12-10-36(3)11-13-37/h8-9,15,18-20,22,25,28-29H,4-5,10-14,16-17H2,1-3H3,(H,34,40). The zero-order valence-corrected chi connectivity index (χ0v) is 25.7. The molecule has 4 fully saturated rings. The maximum absolute atomic E-state index is 15.3. The summed E-state index contributed by atoms with van der Waals surface area (Å²) in [6, 6.07) is 2.76. The Morgan fingerprint density at radius 3 is 2.65 bits per heavy atom. The minimum absolute atomic E-state index is 0.0383. The van der Waals surface area contributed by atoms with Gasteiger partial charge in [-0.1, -0.05) is 25.7 Å². The van der Waals surface area contributed by atoms with Crippen LogP contribution in [0.5, 0.6) is 0 Å². The third-order valence-electron chi connectivity index (χ3n) is 8.60. The van der Waals surface area contributed by atoms with Crippen molar-refractivity contribution >= 4 is 34.1 Å². The molecule has 3 aliphatic heterocycles. The molecule has 43 heavy (non-hydrogen) atoms. The first-order chi connectivity index (χ1) is 20.7. The number of nitrogens with zero attached hydrogens (tertiary/aromatic N) is 4. The summed E-state index contributed by atoms with van der Waals surface area (Å²) in [5.41, 5.74) is 0.969. The van der Waals surface area contributed by atoms with Crippen molar-refractivity contribution in [2.45, 2.75) is 51.3 Å². The summed E-state index contributed by atoms with van der Waals surface area (Å²) >= 11 is 1.48. The lowest BCUT2D eigenvalue weighted by Crippen LogP contribution is -2.52. The zero-order chi connectivity index (χ0) is 30.2. The average molecular weight is 608 g/mol. The number of rotatable bonds is 7. The summed E-state index contributed by atoms with van der Waals surface area (Å²) in [5.74, 6) is 5.19. The van der Waals surface area contributed by atoms with Crippen LogP contribution in [0.25, 0.3) is 11.3 Å². The molecule has 1 N–H and O–H groups in total. The highest BCUT2D eigenvalue weighted by molar-refractivity contribution is 7.14. The van der Waals surface area contributed by atoms with Crippen LogP contribution in [0.3, 0.4) is 0 Å². The van der Waals surface area contributed by atoms with E-state index in [4.69, 9.17) is 4.74 Å². The molecule has 4 aliphatic rings. The molecule has 11 heteroatoms. The van der Waals surface area contributed by atoms with Crippen molar-refractivity contribution in [2.24, 2.45) is 17.8 Å². The number of likely N-dealkylation sites (N-methyl/N-ethyl adjacent to an activating group) is 1. The van der Waals surface area contributed by atoms with Gasteiger partial charge in [-0.2, -0.15) is 0 Å². The highest BCUT2D eigenvalue weighted by atomic mass is 32.1. The first-order valence-corrected chi connectivity index (χ1v) is 16.0. The number of aromatic nitrogens is 1. The molecular weight excluding hydrogens is 569 g/mol. The molecule has 1 saturated carbocycles. The number of carbonyl (C=O) groups excluding carboxylic acids is 3. The molecule has 4 unspecified atom stereocenters. The van der Waals surface area contributed by atoms with Gasteiger partial charge in [-0.15, -0.1) is 11.3 Å². The Labute approximate surface area is 255 Å². The number of likely N-dealkylation sites (tertiary alicyclic amines) is 1. The molecular formula is C32H38FN5O4S. The van der Waals surface area contributed by atoms with E-state index < -0.39 is 29.9 Å². The molecule has 9 nitrogen and oxygen atoms in total. The molecule has 4 atom stereocenters. The van der Waals surface area contributed by atoms with Gasteiger partial charge in [0, 0.05) is 55.1 Å². The van der Waals surface area contributed by atoms with E-state index in [2.05, 4.69) is 39.0 Å². The number of ketones is 1. The largest absolute Gasteiger partial charge is 0.366 e. The summed E-state index contributed by atoms with van der Waals surface area (Å²) in [6.07, 6.45) is 2.10. The maximum atomic E-state index is 15.3. The predicted octanol–water partition coefficient (Wildman–Crippen LogP) is 3.05. The number of anilines is 1. The number of ether oxygens (including phenoxy) is 1. The van der Waals surface area contributed by atoms with Gasteiger partial charge in [0.05, 0.1) is 11.6 Å². The van der Waals surface area contributed by atoms with Crippen molar-refractivity contribution in [3.63, 3.8) is 0 Å². The highest BCUT2D eigenvalue weighted by Crippen LogP contribution is 2.34. The minimum Gasteiger partial charge on any atom is -0.366 e. The average Bonchev–Trinajstić information content (AvgIpc) is 3.36. The van der Waals surface area contributed by atoms with E-state index in [1.807, 2.05) is 19.2 Å². The second kappa shape index (κ2) is 12.3. The van der Waals surface area contributed by atoms with Crippen LogP contribution in [-0.4, -0.2) is 96.9 Å². The van der Waals surface area contributed by atoms with E-state index in [0.29, 0.717) is 23.6 Å². The molecule has 4 heterocycles. The number of benzene rings is 1. The van der Waals surface area contributed by atoms with Gasteiger partial charge in [-0.3, -0.25) is 14.4 Å². The Kier molecular flexibility index (Phi) is 8.54. The number of hydrogen-bond donors (Lipinski definition) is 1. The lowest BCUT2D eigenvalue weighted by molar-refractivity contribution is -0.138. The second-order valence-corrected chi connectivity index (χ2v) is 13.3. The number of Topliss-reactive ketones (excluding diaryl/α,β-unsaturated/α-hetero) is 1. The van der Waals surface area contributed by atoms with Crippen LogP contribution in [0.1, 0.15) is 43.5 Å². The van der Waals surface area contributed by atoms with Gasteiger partial charge in [0.15, 0.2) is 10.9 Å². The molecule has 1 aliphatic carbocycles. The number of nitrogens with one attached hydrogen (secondary N) is 1. The third-order valence-corrected chi connectivity index (χ3v) is 9.50. The number of thiazole rings is 1. The highest BCUT2D eigenvalue weighted by Gasteiger charge is 2.53. The molecule has 3 saturated heterocycles. The predicted molar refractivity (Wildman–Crippen MR) is 162 cm³/mol. The summed E-state index contributed by atoms with van der Waals surface area (Å²) in [5, 5.41) is 5.53. The first kappa shape index (κ1) is 29.7. The summed E-state index contributed by atoms with van der Waals surface area (Å²) in [6.45, 7) is 7.82. The van der Waals surface area contributed by atoms with Crippen LogP contribution in [-0.2, 0) is 14.3 Å². The van der Waals surface area contributed by atoms with Crippen molar-refractivity contribution < 1.29 is 23.5 Å². The Balaban J connectivity index is 1.16. The molecule has 6 rings (SSSR count). The van der Waals surface area contributed by atoms with Crippen molar-refractivity contribution in [3.8, 4) is 23.1 Å². The summed E-state index contributed by atoms with van der Waals surface area (Å²) < 4.78 is 21.1. The van der Waals surface area contributed by atoms with Crippen LogP contribution in [0.2, 0.25) is 0 Å². The SMILES string of the molecule is CC(C)CC(NC(=O)c1ccc(-c2csc(N3CCN(C)CC3)n2)c(F)c1)C(=O)N1CC(C#CC2CC2)C2OCC(=O)C21. The Bertz CT molecular complexity index is 1450. The quantitative estimate of drug-likeness (QED) is 0.484. The smallest absolute Gasteiger partial charge is 0.252 e. The first-order valence-electron chi connectivity index (χ1n) is 15.1. The van der Waals surface area contributed by atoms with Gasteiger partial charge in [-0.25, -0.2) is 9.37 Å².